The highest BCUT2D eigenvalue weighted by atomic mass is 16.5. The molecule has 3 rings (SSSR count). The zero-order valence-electron chi connectivity index (χ0n) is 10.3. The van der Waals surface area contributed by atoms with Gasteiger partial charge in [0.2, 0.25) is 5.82 Å². The van der Waals surface area contributed by atoms with Gasteiger partial charge in [0.1, 0.15) is 11.5 Å². The molecule has 0 atom stereocenters. The van der Waals surface area contributed by atoms with Crippen molar-refractivity contribution in [2.45, 2.75) is 6.92 Å². The van der Waals surface area contributed by atoms with Crippen molar-refractivity contribution >= 4 is 11.7 Å². The number of carbonyl (C=O) groups excluding carboxylic acids is 1. The summed E-state index contributed by atoms with van der Waals surface area (Å²) in [6.07, 6.45) is 4.47. The number of nitrogens with zero attached hydrogens (tertiary/aromatic N) is 5. The van der Waals surface area contributed by atoms with Crippen LogP contribution in [-0.2, 0) is 0 Å². The van der Waals surface area contributed by atoms with Gasteiger partial charge in [0, 0.05) is 18.5 Å². The van der Waals surface area contributed by atoms with Crippen LogP contribution in [0, 0.1) is 6.92 Å². The topological polar surface area (TPSA) is 120 Å². The quantitative estimate of drug-likeness (QED) is 0.751. The Morgan fingerprint density at radius 1 is 1.25 bits per heavy atom. The second-order valence-corrected chi connectivity index (χ2v) is 3.79. The Hall–Kier alpha value is -3.10. The predicted molar refractivity (Wildman–Crippen MR) is 64.5 cm³/mol. The first-order valence-corrected chi connectivity index (χ1v) is 5.57. The monoisotopic (exact) mass is 272 g/mol. The number of carbonyl (C=O) groups is 1. The van der Waals surface area contributed by atoms with Crippen molar-refractivity contribution in [3.05, 3.63) is 36.3 Å². The van der Waals surface area contributed by atoms with Crippen molar-refractivity contribution in [3.63, 3.8) is 0 Å². The summed E-state index contributed by atoms with van der Waals surface area (Å²) in [5.41, 5.74) is 0.410. The zero-order chi connectivity index (χ0) is 13.9. The number of anilines is 1. The molecule has 9 heteroatoms. The predicted octanol–water partition coefficient (Wildman–Crippen LogP) is 1.08. The average molecular weight is 272 g/mol. The van der Waals surface area contributed by atoms with Gasteiger partial charge in [-0.25, -0.2) is 4.98 Å². The maximum Gasteiger partial charge on any atom is 0.316 e. The van der Waals surface area contributed by atoms with E-state index in [1.165, 1.54) is 18.6 Å². The van der Waals surface area contributed by atoms with Gasteiger partial charge in [-0.15, -0.1) is 0 Å². The fourth-order valence-electron chi connectivity index (χ4n) is 1.43. The van der Waals surface area contributed by atoms with Crippen molar-refractivity contribution in [1.29, 1.82) is 0 Å². The van der Waals surface area contributed by atoms with Gasteiger partial charge in [-0.3, -0.25) is 15.1 Å². The summed E-state index contributed by atoms with van der Waals surface area (Å²) in [5.74, 6) is 0.240. The Bertz CT molecular complexity index is 735. The van der Waals surface area contributed by atoms with Gasteiger partial charge >= 0.3 is 11.8 Å². The molecule has 0 spiro atoms. The summed E-state index contributed by atoms with van der Waals surface area (Å²) >= 11 is 0. The van der Waals surface area contributed by atoms with Crippen LogP contribution < -0.4 is 5.32 Å². The summed E-state index contributed by atoms with van der Waals surface area (Å²) in [7, 11) is 0. The molecule has 0 aliphatic rings. The van der Waals surface area contributed by atoms with Crippen LogP contribution in [0.3, 0.4) is 0 Å². The molecule has 3 aromatic heterocycles. The minimum Gasteiger partial charge on any atom is -0.360 e. The molecule has 0 aliphatic carbocycles. The second kappa shape index (κ2) is 4.88. The molecule has 0 saturated carbocycles. The first-order chi connectivity index (χ1) is 9.72. The Morgan fingerprint density at radius 2 is 2.15 bits per heavy atom. The Balaban J connectivity index is 1.78. The number of hydrogen-bond acceptors (Lipinski definition) is 8. The molecule has 0 unspecified atom stereocenters. The van der Waals surface area contributed by atoms with Crippen molar-refractivity contribution < 1.29 is 13.8 Å². The summed E-state index contributed by atoms with van der Waals surface area (Å²) in [4.78, 5) is 23.7. The van der Waals surface area contributed by atoms with Gasteiger partial charge in [0.15, 0.2) is 5.82 Å². The first-order valence-electron chi connectivity index (χ1n) is 5.57. The highest BCUT2D eigenvalue weighted by Crippen LogP contribution is 2.12. The number of aromatic nitrogens is 5. The van der Waals surface area contributed by atoms with Gasteiger partial charge in [-0.05, 0) is 6.92 Å². The van der Waals surface area contributed by atoms with Crippen molar-refractivity contribution in [1.82, 2.24) is 25.3 Å². The number of hydrogen-bond donors (Lipinski definition) is 1. The lowest BCUT2D eigenvalue weighted by Crippen LogP contribution is -2.12. The van der Waals surface area contributed by atoms with Crippen molar-refractivity contribution in [2.75, 3.05) is 5.32 Å². The third-order valence-electron chi connectivity index (χ3n) is 2.28. The third-order valence-corrected chi connectivity index (χ3v) is 2.28. The average Bonchev–Trinajstić information content (AvgIpc) is 3.09. The molecule has 1 amide bonds. The van der Waals surface area contributed by atoms with Crippen LogP contribution in [0.1, 0.15) is 16.4 Å². The lowest BCUT2D eigenvalue weighted by Gasteiger charge is -1.93. The van der Waals surface area contributed by atoms with Crippen LogP contribution in [0.4, 0.5) is 5.82 Å². The fraction of sp³-hybridized carbons (Fsp3) is 0.0909. The molecule has 0 fully saturated rings. The van der Waals surface area contributed by atoms with Gasteiger partial charge < -0.3 is 9.05 Å². The fourth-order valence-corrected chi connectivity index (χ4v) is 1.43. The van der Waals surface area contributed by atoms with Gasteiger partial charge in [0.25, 0.3) is 0 Å². The molecule has 9 nitrogen and oxygen atoms in total. The van der Waals surface area contributed by atoms with E-state index >= 15 is 0 Å². The smallest absolute Gasteiger partial charge is 0.316 e. The van der Waals surface area contributed by atoms with E-state index in [-0.39, 0.29) is 17.5 Å². The molecule has 100 valence electrons. The largest absolute Gasteiger partial charge is 0.360 e. The highest BCUT2D eigenvalue weighted by Gasteiger charge is 2.18. The van der Waals surface area contributed by atoms with Crippen LogP contribution in [-0.4, -0.2) is 31.2 Å². The van der Waals surface area contributed by atoms with Gasteiger partial charge in [0.05, 0.1) is 6.20 Å². The highest BCUT2D eigenvalue weighted by molar-refractivity contribution is 6.00. The van der Waals surface area contributed by atoms with Crippen LogP contribution in [0.15, 0.2) is 33.7 Å². The molecule has 1 N–H and O–H groups in total. The number of nitrogens with one attached hydrogen (secondary N) is 1. The standard InChI is InChI=1S/C11H8N6O3/c1-6-4-8(16-19-6)14-10(18)11-15-9(17-20-11)7-5-12-2-3-13-7/h2-5H,1H3,(H,14,16,18). The zero-order valence-corrected chi connectivity index (χ0v) is 10.3. The molecule has 0 radical (unpaired) electrons. The van der Waals surface area contributed by atoms with Crippen LogP contribution in [0.2, 0.25) is 0 Å². The molecule has 0 aromatic carbocycles. The van der Waals surface area contributed by atoms with Crippen LogP contribution in [0.5, 0.6) is 0 Å². The Labute approximate surface area is 112 Å². The van der Waals surface area contributed by atoms with Crippen LogP contribution >= 0.6 is 0 Å². The van der Waals surface area contributed by atoms with E-state index in [1.54, 1.807) is 13.0 Å². The maximum absolute atomic E-state index is 11.8. The van der Waals surface area contributed by atoms with Crippen LogP contribution in [0.25, 0.3) is 11.5 Å². The SMILES string of the molecule is Cc1cc(NC(=O)c2nc(-c3cnccn3)no2)no1. The van der Waals surface area contributed by atoms with E-state index in [0.717, 1.165) is 0 Å². The van der Waals surface area contributed by atoms with E-state index in [4.69, 9.17) is 9.05 Å². The molecule has 0 aliphatic heterocycles. The molecule has 0 bridgehead atoms. The summed E-state index contributed by atoms with van der Waals surface area (Å²) in [6.45, 7) is 1.71. The van der Waals surface area contributed by atoms with E-state index < -0.39 is 5.91 Å². The first kappa shape index (κ1) is 12.0. The van der Waals surface area contributed by atoms with Gasteiger partial charge in [-0.2, -0.15) is 4.98 Å². The van der Waals surface area contributed by atoms with E-state index in [2.05, 4.69) is 30.6 Å². The Morgan fingerprint density at radius 3 is 2.85 bits per heavy atom. The number of rotatable bonds is 3. The molecule has 3 aromatic rings. The lowest BCUT2D eigenvalue weighted by atomic mass is 10.4. The minimum absolute atomic E-state index is 0.180. The number of amides is 1. The summed E-state index contributed by atoms with van der Waals surface area (Å²) in [5, 5.41) is 9.76. The second-order valence-electron chi connectivity index (χ2n) is 3.79. The molecule has 3 heterocycles. The molecular weight excluding hydrogens is 264 g/mol. The summed E-state index contributed by atoms with van der Waals surface area (Å²) < 4.78 is 9.69. The third kappa shape index (κ3) is 2.36. The minimum atomic E-state index is -0.582. The molecule has 20 heavy (non-hydrogen) atoms. The normalized spacial score (nSPS) is 10.4. The van der Waals surface area contributed by atoms with Crippen molar-refractivity contribution in [3.8, 4) is 11.5 Å². The molecule has 0 saturated heterocycles. The Kier molecular flexibility index (Phi) is 2.92. The van der Waals surface area contributed by atoms with Crippen molar-refractivity contribution in [2.24, 2.45) is 0 Å². The lowest BCUT2D eigenvalue weighted by molar-refractivity contribution is 0.0980. The van der Waals surface area contributed by atoms with E-state index in [1.807, 2.05) is 0 Å². The molecular formula is C11H8N6O3. The van der Waals surface area contributed by atoms with E-state index in [0.29, 0.717) is 11.5 Å². The van der Waals surface area contributed by atoms with Gasteiger partial charge in [-0.1, -0.05) is 10.3 Å². The number of aryl methyl sites for hydroxylation is 1. The summed E-state index contributed by atoms with van der Waals surface area (Å²) in [6, 6.07) is 1.57. The maximum atomic E-state index is 11.8. The van der Waals surface area contributed by atoms with E-state index in [9.17, 15) is 4.79 Å².